The lowest BCUT2D eigenvalue weighted by Gasteiger charge is -2.05. The number of nitrogens with zero attached hydrogens (tertiary/aromatic N) is 3. The van der Waals surface area contributed by atoms with E-state index in [1.54, 1.807) is 0 Å². The molecule has 2 aromatic rings. The summed E-state index contributed by atoms with van der Waals surface area (Å²) in [6.07, 6.45) is 4.16. The number of aromatic nitrogens is 3. The van der Waals surface area contributed by atoms with E-state index in [1.165, 1.54) is 5.56 Å². The van der Waals surface area contributed by atoms with Crippen LogP contribution in [0.5, 0.6) is 0 Å². The van der Waals surface area contributed by atoms with Gasteiger partial charge in [-0.15, -0.1) is 0 Å². The van der Waals surface area contributed by atoms with Crippen molar-refractivity contribution in [2.75, 3.05) is 6.54 Å². The molecule has 0 fully saturated rings. The van der Waals surface area contributed by atoms with Crippen molar-refractivity contribution in [1.29, 1.82) is 0 Å². The van der Waals surface area contributed by atoms with Gasteiger partial charge >= 0.3 is 0 Å². The molecule has 0 aliphatic rings. The molecule has 0 aliphatic heterocycles. The van der Waals surface area contributed by atoms with Crippen LogP contribution in [-0.4, -0.2) is 21.3 Å². The van der Waals surface area contributed by atoms with Gasteiger partial charge in [0.1, 0.15) is 6.54 Å². The van der Waals surface area contributed by atoms with Crippen LogP contribution in [0.3, 0.4) is 0 Å². The molecule has 0 saturated heterocycles. The Morgan fingerprint density at radius 2 is 2.10 bits per heavy atom. The Hall–Kier alpha value is -1.62. The van der Waals surface area contributed by atoms with Crippen LogP contribution in [-0.2, 0) is 13.1 Å². The van der Waals surface area contributed by atoms with Crippen LogP contribution in [0.4, 0.5) is 0 Å². The summed E-state index contributed by atoms with van der Waals surface area (Å²) in [5, 5.41) is 7.41. The monoisotopic (exact) mass is 276 g/mol. The predicted molar refractivity (Wildman–Crippen MR) is 78.5 cm³/mol. The zero-order valence-corrected chi connectivity index (χ0v) is 12.8. The van der Waals surface area contributed by atoms with Gasteiger partial charge in [0.15, 0.2) is 5.82 Å². The molecule has 0 radical (unpaired) electrons. The second kappa shape index (κ2) is 6.70. The second-order valence-electron chi connectivity index (χ2n) is 5.92. The van der Waals surface area contributed by atoms with Gasteiger partial charge < -0.3 is 14.4 Å². The summed E-state index contributed by atoms with van der Waals surface area (Å²) < 4.78 is 7.33. The van der Waals surface area contributed by atoms with Crippen LogP contribution >= 0.6 is 0 Å². The smallest absolute Gasteiger partial charge is 0.246 e. The van der Waals surface area contributed by atoms with E-state index >= 15 is 0 Å². The van der Waals surface area contributed by atoms with Crippen molar-refractivity contribution in [2.45, 2.75) is 46.7 Å². The van der Waals surface area contributed by atoms with Gasteiger partial charge in [-0.3, -0.25) is 0 Å². The minimum atomic E-state index is 0.299. The highest BCUT2D eigenvalue weighted by Crippen LogP contribution is 2.11. The van der Waals surface area contributed by atoms with Gasteiger partial charge in [0.05, 0.1) is 0 Å². The first-order valence-corrected chi connectivity index (χ1v) is 7.22. The molecule has 0 saturated carbocycles. The van der Waals surface area contributed by atoms with Crippen molar-refractivity contribution in [2.24, 2.45) is 5.92 Å². The lowest BCUT2D eigenvalue weighted by Crippen LogP contribution is -2.18. The summed E-state index contributed by atoms with van der Waals surface area (Å²) in [4.78, 5) is 4.39. The highest BCUT2D eigenvalue weighted by molar-refractivity contribution is 5.10. The van der Waals surface area contributed by atoms with E-state index in [4.69, 9.17) is 4.52 Å². The van der Waals surface area contributed by atoms with E-state index in [0.29, 0.717) is 24.3 Å². The SMILES string of the molecule is CC(C)CNCc1ccn(Cc2nc(C(C)C)no2)c1. The summed E-state index contributed by atoms with van der Waals surface area (Å²) in [5.41, 5.74) is 1.27. The fraction of sp³-hybridized carbons (Fsp3) is 0.600. The molecule has 20 heavy (non-hydrogen) atoms. The van der Waals surface area contributed by atoms with Gasteiger partial charge in [0.2, 0.25) is 5.89 Å². The standard InChI is InChI=1S/C15H24N4O/c1-11(2)7-16-8-13-5-6-19(9-13)10-14-17-15(12(3)4)18-20-14/h5-6,9,11-12,16H,7-8,10H2,1-4H3. The van der Waals surface area contributed by atoms with Crippen LogP contribution in [0.25, 0.3) is 0 Å². The molecule has 1 N–H and O–H groups in total. The highest BCUT2D eigenvalue weighted by Gasteiger charge is 2.10. The van der Waals surface area contributed by atoms with E-state index in [-0.39, 0.29) is 0 Å². The summed E-state index contributed by atoms with van der Waals surface area (Å²) in [6.45, 7) is 11.1. The average Bonchev–Trinajstić information content (AvgIpc) is 2.99. The summed E-state index contributed by atoms with van der Waals surface area (Å²) in [6, 6.07) is 2.12. The van der Waals surface area contributed by atoms with Crippen molar-refractivity contribution >= 4 is 0 Å². The predicted octanol–water partition coefficient (Wildman–Crippen LogP) is 2.79. The van der Waals surface area contributed by atoms with Gasteiger partial charge in [-0.25, -0.2) is 0 Å². The average molecular weight is 276 g/mol. The number of rotatable bonds is 7. The minimum Gasteiger partial charge on any atom is -0.345 e. The summed E-state index contributed by atoms with van der Waals surface area (Å²) in [7, 11) is 0. The van der Waals surface area contributed by atoms with E-state index in [0.717, 1.165) is 18.9 Å². The molecule has 5 nitrogen and oxygen atoms in total. The van der Waals surface area contributed by atoms with Gasteiger partial charge in [-0.2, -0.15) is 4.98 Å². The third kappa shape index (κ3) is 4.20. The lowest BCUT2D eigenvalue weighted by molar-refractivity contribution is 0.364. The van der Waals surface area contributed by atoms with Crippen LogP contribution in [0.2, 0.25) is 0 Å². The van der Waals surface area contributed by atoms with E-state index < -0.39 is 0 Å². The quantitative estimate of drug-likeness (QED) is 0.845. The largest absolute Gasteiger partial charge is 0.345 e. The molecule has 2 aromatic heterocycles. The minimum absolute atomic E-state index is 0.299. The maximum Gasteiger partial charge on any atom is 0.246 e. The van der Waals surface area contributed by atoms with Crippen LogP contribution < -0.4 is 5.32 Å². The van der Waals surface area contributed by atoms with Gasteiger partial charge in [-0.1, -0.05) is 32.9 Å². The normalized spacial score (nSPS) is 11.7. The zero-order valence-electron chi connectivity index (χ0n) is 12.8. The topological polar surface area (TPSA) is 55.9 Å². The Balaban J connectivity index is 1.88. The third-order valence-corrected chi connectivity index (χ3v) is 3.01. The molecule has 0 spiro atoms. The first-order valence-electron chi connectivity index (χ1n) is 7.22. The van der Waals surface area contributed by atoms with Crippen molar-refractivity contribution in [3.63, 3.8) is 0 Å². The lowest BCUT2D eigenvalue weighted by atomic mass is 10.2. The van der Waals surface area contributed by atoms with Crippen LogP contribution in [0.1, 0.15) is 50.9 Å². The Bertz CT molecular complexity index is 527. The summed E-state index contributed by atoms with van der Waals surface area (Å²) >= 11 is 0. The van der Waals surface area contributed by atoms with Crippen molar-refractivity contribution in [1.82, 2.24) is 20.0 Å². The number of hydrogen-bond donors (Lipinski definition) is 1. The van der Waals surface area contributed by atoms with Crippen LogP contribution in [0, 0.1) is 5.92 Å². The van der Waals surface area contributed by atoms with E-state index in [9.17, 15) is 0 Å². The molecular formula is C15H24N4O. The molecule has 0 amide bonds. The summed E-state index contributed by atoms with van der Waals surface area (Å²) in [5.74, 6) is 2.40. The van der Waals surface area contributed by atoms with E-state index in [2.05, 4.69) is 60.0 Å². The second-order valence-corrected chi connectivity index (χ2v) is 5.92. The van der Waals surface area contributed by atoms with Crippen molar-refractivity contribution < 1.29 is 4.52 Å². The van der Waals surface area contributed by atoms with E-state index in [1.807, 2.05) is 6.20 Å². The molecule has 2 rings (SSSR count). The third-order valence-electron chi connectivity index (χ3n) is 3.01. The zero-order chi connectivity index (χ0) is 14.5. The van der Waals surface area contributed by atoms with Crippen molar-refractivity contribution in [3.8, 4) is 0 Å². The molecule has 0 bridgehead atoms. The maximum absolute atomic E-state index is 5.25. The Morgan fingerprint density at radius 1 is 1.30 bits per heavy atom. The molecule has 0 unspecified atom stereocenters. The van der Waals surface area contributed by atoms with Crippen molar-refractivity contribution in [3.05, 3.63) is 35.7 Å². The van der Waals surface area contributed by atoms with Gasteiger partial charge in [0.25, 0.3) is 0 Å². The van der Waals surface area contributed by atoms with Crippen LogP contribution in [0.15, 0.2) is 23.0 Å². The molecule has 5 heteroatoms. The highest BCUT2D eigenvalue weighted by atomic mass is 16.5. The number of hydrogen-bond acceptors (Lipinski definition) is 4. The Kier molecular flexibility index (Phi) is 4.95. The molecule has 0 aromatic carbocycles. The maximum atomic E-state index is 5.25. The first kappa shape index (κ1) is 14.8. The first-order chi connectivity index (χ1) is 9.54. The molecular weight excluding hydrogens is 252 g/mol. The fourth-order valence-corrected chi connectivity index (χ4v) is 1.92. The van der Waals surface area contributed by atoms with Gasteiger partial charge in [0, 0.05) is 24.9 Å². The van der Waals surface area contributed by atoms with Gasteiger partial charge in [-0.05, 0) is 24.1 Å². The Labute approximate surface area is 120 Å². The molecule has 0 atom stereocenters. The molecule has 110 valence electrons. The Morgan fingerprint density at radius 3 is 2.75 bits per heavy atom. The molecule has 0 aliphatic carbocycles. The molecule has 2 heterocycles. The number of nitrogens with one attached hydrogen (secondary N) is 1. The fourth-order valence-electron chi connectivity index (χ4n) is 1.92.